The van der Waals surface area contributed by atoms with Crippen LogP contribution in [-0.4, -0.2) is 0 Å². The Bertz CT molecular complexity index is 371. The summed E-state index contributed by atoms with van der Waals surface area (Å²) in [6.45, 7) is 3.58. The highest BCUT2D eigenvalue weighted by atomic mass is 35.5. The largest absolute Gasteiger partial charge is 0.563 e. The Balaban J connectivity index is 2.80. The van der Waals surface area contributed by atoms with Gasteiger partial charge in [-0.3, -0.25) is 0 Å². The second-order valence-corrected chi connectivity index (χ2v) is 4.63. The number of benzene rings is 1. The van der Waals surface area contributed by atoms with Gasteiger partial charge in [-0.1, -0.05) is 24.8 Å². The summed E-state index contributed by atoms with van der Waals surface area (Å²) in [5.41, 5.74) is 0.885. The highest BCUT2D eigenvalue weighted by Gasteiger charge is 2.28. The molecule has 0 aliphatic carbocycles. The second-order valence-electron chi connectivity index (χ2n) is 2.45. The molecule has 0 aromatic heterocycles. The van der Waals surface area contributed by atoms with Gasteiger partial charge >= 0.3 is 7.82 Å². The van der Waals surface area contributed by atoms with Gasteiger partial charge in [-0.2, -0.15) is 8.15 Å². The lowest BCUT2D eigenvalue weighted by Crippen LogP contribution is -1.92. The molecule has 0 amide bonds. The standard InChI is InChI=1S/C8H7Cl2O4P/c1-2-7-3-5-8(6-4-7)12-15(11,13-9)14-10/h2-6H,1H2. The lowest BCUT2D eigenvalue weighted by Gasteiger charge is -2.10. The Labute approximate surface area is 97.3 Å². The lowest BCUT2D eigenvalue weighted by atomic mass is 10.2. The summed E-state index contributed by atoms with van der Waals surface area (Å²) in [7, 11) is -3.92. The molecule has 0 N–H and O–H groups in total. The van der Waals surface area contributed by atoms with Crippen molar-refractivity contribution in [1.82, 2.24) is 0 Å². The number of halogens is 2. The Morgan fingerprint density at radius 2 is 1.73 bits per heavy atom. The van der Waals surface area contributed by atoms with Crippen LogP contribution in [0.2, 0.25) is 0 Å². The van der Waals surface area contributed by atoms with Crippen molar-refractivity contribution < 1.29 is 17.2 Å². The summed E-state index contributed by atoms with van der Waals surface area (Å²) in [5.74, 6) is 0.255. The first-order chi connectivity index (χ1) is 7.13. The Kier molecular flexibility index (Phi) is 4.64. The third kappa shape index (κ3) is 3.52. The van der Waals surface area contributed by atoms with E-state index in [1.807, 2.05) is 0 Å². The first kappa shape index (κ1) is 12.6. The highest BCUT2D eigenvalue weighted by Crippen LogP contribution is 2.51. The molecule has 0 unspecified atom stereocenters. The molecule has 0 aliphatic rings. The predicted molar refractivity (Wildman–Crippen MR) is 58.6 cm³/mol. The third-order valence-corrected chi connectivity index (χ3v) is 3.29. The molecule has 0 heterocycles. The molecule has 15 heavy (non-hydrogen) atoms. The minimum atomic E-state index is -3.92. The topological polar surface area (TPSA) is 44.8 Å². The average molecular weight is 269 g/mol. The van der Waals surface area contributed by atoms with Crippen LogP contribution < -0.4 is 4.52 Å². The molecule has 0 atom stereocenters. The van der Waals surface area contributed by atoms with E-state index in [-0.39, 0.29) is 5.75 Å². The van der Waals surface area contributed by atoms with Crippen LogP contribution in [0, 0.1) is 0 Å². The van der Waals surface area contributed by atoms with Crippen LogP contribution in [0.1, 0.15) is 5.56 Å². The summed E-state index contributed by atoms with van der Waals surface area (Å²) >= 11 is 9.81. The maximum Gasteiger partial charge on any atom is 0.563 e. The Morgan fingerprint density at radius 1 is 1.20 bits per heavy atom. The van der Waals surface area contributed by atoms with Crippen LogP contribution in [0.15, 0.2) is 30.8 Å². The minimum absolute atomic E-state index is 0.255. The smallest absolute Gasteiger partial charge is 0.402 e. The van der Waals surface area contributed by atoms with Crippen molar-refractivity contribution >= 4 is 37.6 Å². The zero-order valence-corrected chi connectivity index (χ0v) is 9.84. The molecule has 82 valence electrons. The summed E-state index contributed by atoms with van der Waals surface area (Å²) in [6.07, 6.45) is 1.65. The van der Waals surface area contributed by atoms with Crippen molar-refractivity contribution in [2.24, 2.45) is 0 Å². The lowest BCUT2D eigenvalue weighted by molar-refractivity contribution is 0.318. The molecular formula is C8H7Cl2O4P. The minimum Gasteiger partial charge on any atom is -0.402 e. The molecule has 0 spiro atoms. The Morgan fingerprint density at radius 3 is 2.13 bits per heavy atom. The molecule has 0 saturated carbocycles. The van der Waals surface area contributed by atoms with E-state index in [4.69, 9.17) is 28.3 Å². The van der Waals surface area contributed by atoms with E-state index in [1.165, 1.54) is 0 Å². The molecule has 1 aromatic rings. The first-order valence-corrected chi connectivity index (χ1v) is 5.84. The fourth-order valence-electron chi connectivity index (χ4n) is 0.833. The van der Waals surface area contributed by atoms with Crippen LogP contribution >= 0.6 is 31.6 Å². The summed E-state index contributed by atoms with van der Waals surface area (Å²) in [4.78, 5) is 0. The summed E-state index contributed by atoms with van der Waals surface area (Å²) < 4.78 is 24.1. The molecule has 0 fully saturated rings. The average Bonchev–Trinajstić information content (AvgIpc) is 2.30. The van der Waals surface area contributed by atoms with E-state index in [2.05, 4.69) is 14.7 Å². The third-order valence-electron chi connectivity index (χ3n) is 1.50. The van der Waals surface area contributed by atoms with Crippen molar-refractivity contribution in [2.45, 2.75) is 0 Å². The van der Waals surface area contributed by atoms with Crippen molar-refractivity contribution in [3.8, 4) is 5.75 Å². The molecule has 7 heteroatoms. The normalized spacial score (nSPS) is 11.1. The maximum atomic E-state index is 11.3. The van der Waals surface area contributed by atoms with E-state index in [1.54, 1.807) is 30.3 Å². The zero-order chi connectivity index (χ0) is 11.3. The van der Waals surface area contributed by atoms with E-state index < -0.39 is 7.82 Å². The number of phosphoric acid groups is 1. The summed E-state index contributed by atoms with van der Waals surface area (Å²) in [5, 5.41) is 0. The van der Waals surface area contributed by atoms with E-state index in [9.17, 15) is 4.57 Å². The van der Waals surface area contributed by atoms with Gasteiger partial charge in [0, 0.05) is 0 Å². The summed E-state index contributed by atoms with van der Waals surface area (Å²) in [6, 6.07) is 6.51. The second kappa shape index (κ2) is 5.54. The van der Waals surface area contributed by atoms with Gasteiger partial charge in [-0.05, 0) is 17.7 Å². The molecule has 0 bridgehead atoms. The molecule has 1 aromatic carbocycles. The van der Waals surface area contributed by atoms with E-state index in [0.717, 1.165) is 5.56 Å². The maximum absolute atomic E-state index is 11.3. The van der Waals surface area contributed by atoms with Gasteiger partial charge in [0.25, 0.3) is 0 Å². The van der Waals surface area contributed by atoms with Crippen molar-refractivity contribution in [3.63, 3.8) is 0 Å². The number of rotatable bonds is 5. The fourth-order valence-corrected chi connectivity index (χ4v) is 1.71. The predicted octanol–water partition coefficient (Wildman–Crippen LogP) is 4.16. The quantitative estimate of drug-likeness (QED) is 0.753. The molecular weight excluding hydrogens is 262 g/mol. The SMILES string of the molecule is C=Cc1ccc(OP(=O)(OCl)OCl)cc1. The monoisotopic (exact) mass is 268 g/mol. The molecule has 0 aliphatic heterocycles. The van der Waals surface area contributed by atoms with Crippen molar-refractivity contribution in [3.05, 3.63) is 36.4 Å². The van der Waals surface area contributed by atoms with Crippen LogP contribution in [0.4, 0.5) is 0 Å². The highest BCUT2D eigenvalue weighted by molar-refractivity contribution is 7.50. The number of hydrogen-bond acceptors (Lipinski definition) is 4. The van der Waals surface area contributed by atoms with Gasteiger partial charge < -0.3 is 4.52 Å². The van der Waals surface area contributed by atoms with Gasteiger partial charge in [0.15, 0.2) is 0 Å². The Hall–Kier alpha value is -0.510. The van der Waals surface area contributed by atoms with Crippen LogP contribution in [-0.2, 0) is 12.7 Å². The van der Waals surface area contributed by atoms with Crippen molar-refractivity contribution in [2.75, 3.05) is 0 Å². The van der Waals surface area contributed by atoms with Crippen molar-refractivity contribution in [1.29, 1.82) is 0 Å². The molecule has 4 nitrogen and oxygen atoms in total. The molecule has 0 radical (unpaired) electrons. The van der Waals surface area contributed by atoms with Gasteiger partial charge in [0.05, 0.1) is 23.7 Å². The molecule has 0 saturated heterocycles. The van der Waals surface area contributed by atoms with Crippen LogP contribution in [0.25, 0.3) is 6.08 Å². The van der Waals surface area contributed by atoms with E-state index in [0.29, 0.717) is 0 Å². The van der Waals surface area contributed by atoms with Crippen LogP contribution in [0.3, 0.4) is 0 Å². The van der Waals surface area contributed by atoms with Gasteiger partial charge in [-0.25, -0.2) is 4.57 Å². The number of hydrogen-bond donors (Lipinski definition) is 0. The van der Waals surface area contributed by atoms with Gasteiger partial charge in [0.2, 0.25) is 0 Å². The zero-order valence-electron chi connectivity index (χ0n) is 7.43. The van der Waals surface area contributed by atoms with E-state index >= 15 is 0 Å². The molecule has 1 rings (SSSR count). The first-order valence-electron chi connectivity index (χ1n) is 3.76. The fraction of sp³-hybridized carbons (Fsp3) is 0. The van der Waals surface area contributed by atoms with Gasteiger partial charge in [0.1, 0.15) is 5.75 Å². The van der Waals surface area contributed by atoms with Crippen LogP contribution in [0.5, 0.6) is 5.75 Å². The van der Waals surface area contributed by atoms with Gasteiger partial charge in [-0.15, -0.1) is 0 Å².